The van der Waals surface area contributed by atoms with E-state index in [1.54, 1.807) is 0 Å². The molecule has 2 aromatic rings. The number of aromatic amines is 1. The maximum Gasteiger partial charge on any atom is 0.407 e. The predicted molar refractivity (Wildman–Crippen MR) is 93.9 cm³/mol. The molecule has 1 aliphatic carbocycles. The van der Waals surface area contributed by atoms with Crippen LogP contribution in [0, 0.1) is 5.92 Å². The molecule has 1 amide bonds. The van der Waals surface area contributed by atoms with Crippen LogP contribution >= 0.6 is 0 Å². The van der Waals surface area contributed by atoms with Gasteiger partial charge in [0.1, 0.15) is 19.3 Å². The van der Waals surface area contributed by atoms with Crippen LogP contribution in [0.3, 0.4) is 0 Å². The van der Waals surface area contributed by atoms with Crippen molar-refractivity contribution >= 4 is 30.4 Å². The number of nitrogens with zero attached hydrogens (tertiary/aromatic N) is 1. The summed E-state index contributed by atoms with van der Waals surface area (Å²) < 4.78 is 5.28. The van der Waals surface area contributed by atoms with Crippen LogP contribution in [0.1, 0.15) is 39.4 Å². The Morgan fingerprint density at radius 2 is 2.26 bits per heavy atom. The van der Waals surface area contributed by atoms with Crippen molar-refractivity contribution in [3.8, 4) is 0 Å². The van der Waals surface area contributed by atoms with Gasteiger partial charge in [-0.1, -0.05) is 11.5 Å². The number of hydrogen-bond acceptors (Lipinski definition) is 3. The second kappa shape index (κ2) is 5.91. The van der Waals surface area contributed by atoms with Gasteiger partial charge in [0.2, 0.25) is 0 Å². The first-order valence-electron chi connectivity index (χ1n) is 8.25. The maximum atomic E-state index is 11.7. The third-order valence-corrected chi connectivity index (χ3v) is 4.06. The normalized spacial score (nSPS) is 20.5. The van der Waals surface area contributed by atoms with E-state index >= 15 is 0 Å². The molecule has 0 spiro atoms. The highest BCUT2D eigenvalue weighted by atomic mass is 16.6. The van der Waals surface area contributed by atoms with Gasteiger partial charge in [0.25, 0.3) is 0 Å². The summed E-state index contributed by atoms with van der Waals surface area (Å²) in [6.45, 7) is 5.63. The number of imidazole rings is 1. The highest BCUT2D eigenvalue weighted by Crippen LogP contribution is 2.34. The number of amides is 1. The van der Waals surface area contributed by atoms with Gasteiger partial charge in [-0.2, -0.15) is 0 Å². The van der Waals surface area contributed by atoms with Crippen molar-refractivity contribution in [3.63, 3.8) is 0 Å². The predicted octanol–water partition coefficient (Wildman–Crippen LogP) is 1.67. The summed E-state index contributed by atoms with van der Waals surface area (Å²) in [4.78, 5) is 19.7. The molecule has 1 saturated carbocycles. The second-order valence-electron chi connectivity index (χ2n) is 7.49. The molecule has 1 heterocycles. The minimum Gasteiger partial charge on any atom is -0.444 e. The van der Waals surface area contributed by atoms with E-state index in [1.165, 1.54) is 5.46 Å². The molecule has 0 saturated heterocycles. The van der Waals surface area contributed by atoms with E-state index in [9.17, 15) is 4.79 Å². The SMILES string of the molecule is Bc1ccc2nc(CCC3C[C@H]3NC(=O)OC(C)(C)C)[nH]c2c1. The molecule has 0 aliphatic heterocycles. The van der Waals surface area contributed by atoms with Gasteiger partial charge < -0.3 is 15.0 Å². The van der Waals surface area contributed by atoms with Gasteiger partial charge in [0.15, 0.2) is 0 Å². The number of aryl methyl sites for hydroxylation is 1. The lowest BCUT2D eigenvalue weighted by Gasteiger charge is -2.19. The third-order valence-electron chi connectivity index (χ3n) is 4.06. The molecule has 5 nitrogen and oxygen atoms in total. The standard InChI is InChI=1S/C17H24BN3O2/c1-17(2,3)23-16(22)21-13-8-10(13)4-7-15-19-12-6-5-11(18)9-14(12)20-15/h5-6,9-10,13H,4,7-8,18H2,1-3H3,(H,19,20)(H,21,22)/t10?,13-/m1/s1. The van der Waals surface area contributed by atoms with Crippen LogP contribution in [-0.2, 0) is 11.2 Å². The van der Waals surface area contributed by atoms with E-state index in [1.807, 2.05) is 20.8 Å². The number of ether oxygens (including phenoxy) is 1. The van der Waals surface area contributed by atoms with E-state index in [0.717, 1.165) is 36.1 Å². The summed E-state index contributed by atoms with van der Waals surface area (Å²) in [5.74, 6) is 1.55. The largest absolute Gasteiger partial charge is 0.444 e. The van der Waals surface area contributed by atoms with E-state index in [4.69, 9.17) is 4.74 Å². The number of nitrogens with one attached hydrogen (secondary N) is 2. The Morgan fingerprint density at radius 1 is 1.48 bits per heavy atom. The fourth-order valence-corrected chi connectivity index (χ4v) is 2.82. The van der Waals surface area contributed by atoms with Gasteiger partial charge in [-0.15, -0.1) is 0 Å². The minimum atomic E-state index is -0.444. The molecular formula is C17H24BN3O2. The minimum absolute atomic E-state index is 0.247. The number of alkyl carbamates (subject to hydrolysis) is 1. The molecular weight excluding hydrogens is 289 g/mol. The Kier molecular flexibility index (Phi) is 4.09. The lowest BCUT2D eigenvalue weighted by atomic mass is 9.96. The first kappa shape index (κ1) is 15.9. The highest BCUT2D eigenvalue weighted by Gasteiger charge is 2.38. The van der Waals surface area contributed by atoms with Crippen LogP contribution in [0.2, 0.25) is 0 Å². The second-order valence-corrected chi connectivity index (χ2v) is 7.49. The van der Waals surface area contributed by atoms with Crippen molar-refractivity contribution in [1.82, 2.24) is 15.3 Å². The van der Waals surface area contributed by atoms with E-state index in [0.29, 0.717) is 5.92 Å². The summed E-state index contributed by atoms with van der Waals surface area (Å²) in [6, 6.07) is 6.50. The molecule has 23 heavy (non-hydrogen) atoms. The first-order chi connectivity index (χ1) is 10.8. The number of H-pyrrole nitrogens is 1. The average Bonchev–Trinajstić information content (AvgIpc) is 3.01. The van der Waals surface area contributed by atoms with Gasteiger partial charge in [0, 0.05) is 12.5 Å². The summed E-state index contributed by atoms with van der Waals surface area (Å²) in [7, 11) is 2.08. The molecule has 2 atom stereocenters. The number of aromatic nitrogens is 2. The zero-order chi connectivity index (χ0) is 16.6. The van der Waals surface area contributed by atoms with Gasteiger partial charge in [-0.05, 0) is 51.7 Å². The lowest BCUT2D eigenvalue weighted by Crippen LogP contribution is -2.34. The summed E-state index contributed by atoms with van der Waals surface area (Å²) in [5.41, 5.74) is 2.90. The van der Waals surface area contributed by atoms with Gasteiger partial charge in [-0.25, -0.2) is 9.78 Å². The van der Waals surface area contributed by atoms with Crippen molar-refractivity contribution in [2.24, 2.45) is 5.92 Å². The number of fused-ring (bicyclic) bond motifs is 1. The molecule has 3 rings (SSSR count). The van der Waals surface area contributed by atoms with Crippen LogP contribution in [-0.4, -0.2) is 35.6 Å². The molecule has 2 N–H and O–H groups in total. The average molecular weight is 313 g/mol. The molecule has 122 valence electrons. The van der Waals surface area contributed by atoms with Crippen LogP contribution in [0.4, 0.5) is 4.79 Å². The van der Waals surface area contributed by atoms with Gasteiger partial charge in [-0.3, -0.25) is 0 Å². The van der Waals surface area contributed by atoms with E-state index < -0.39 is 5.60 Å². The number of rotatable bonds is 4. The summed E-state index contributed by atoms with van der Waals surface area (Å²) >= 11 is 0. The smallest absolute Gasteiger partial charge is 0.407 e. The quantitative estimate of drug-likeness (QED) is 0.844. The summed E-state index contributed by atoms with van der Waals surface area (Å²) in [5, 5.41) is 2.94. The van der Waals surface area contributed by atoms with Crippen LogP contribution in [0.5, 0.6) is 0 Å². The number of benzene rings is 1. The lowest BCUT2D eigenvalue weighted by molar-refractivity contribution is 0.0521. The number of hydrogen-bond donors (Lipinski definition) is 2. The van der Waals surface area contributed by atoms with Gasteiger partial charge in [0.05, 0.1) is 11.0 Å². The van der Waals surface area contributed by atoms with E-state index in [-0.39, 0.29) is 12.1 Å². The Balaban J connectivity index is 1.47. The molecule has 1 fully saturated rings. The molecule has 1 aromatic carbocycles. The maximum absolute atomic E-state index is 11.7. The first-order valence-corrected chi connectivity index (χ1v) is 8.25. The van der Waals surface area contributed by atoms with Crippen molar-refractivity contribution < 1.29 is 9.53 Å². The fraction of sp³-hybridized carbons (Fsp3) is 0.529. The van der Waals surface area contributed by atoms with Crippen molar-refractivity contribution in [3.05, 3.63) is 24.0 Å². The topological polar surface area (TPSA) is 67.0 Å². The Hall–Kier alpha value is -1.98. The monoisotopic (exact) mass is 313 g/mol. The number of carbonyl (C=O) groups is 1. The zero-order valence-corrected chi connectivity index (χ0v) is 14.3. The highest BCUT2D eigenvalue weighted by molar-refractivity contribution is 6.33. The van der Waals surface area contributed by atoms with Crippen LogP contribution in [0.15, 0.2) is 18.2 Å². The molecule has 1 aromatic heterocycles. The third kappa shape index (κ3) is 4.27. The zero-order valence-electron chi connectivity index (χ0n) is 14.3. The fourth-order valence-electron chi connectivity index (χ4n) is 2.82. The molecule has 1 aliphatic rings. The van der Waals surface area contributed by atoms with Gasteiger partial charge >= 0.3 is 6.09 Å². The summed E-state index contributed by atoms with van der Waals surface area (Å²) in [6.07, 6.45) is 2.65. The van der Waals surface area contributed by atoms with Crippen molar-refractivity contribution in [2.45, 2.75) is 51.7 Å². The molecule has 0 radical (unpaired) electrons. The number of carbonyl (C=O) groups excluding carboxylic acids is 1. The van der Waals surface area contributed by atoms with Crippen LogP contribution in [0.25, 0.3) is 11.0 Å². The Morgan fingerprint density at radius 3 is 3.00 bits per heavy atom. The van der Waals surface area contributed by atoms with E-state index in [2.05, 4.69) is 41.3 Å². The van der Waals surface area contributed by atoms with Crippen molar-refractivity contribution in [2.75, 3.05) is 0 Å². The molecule has 6 heteroatoms. The molecule has 1 unspecified atom stereocenters. The van der Waals surface area contributed by atoms with Crippen molar-refractivity contribution in [1.29, 1.82) is 0 Å². The van der Waals surface area contributed by atoms with Crippen LogP contribution < -0.4 is 10.8 Å². The molecule has 0 bridgehead atoms. The Bertz CT molecular complexity index is 720. The Labute approximate surface area is 137 Å².